The van der Waals surface area contributed by atoms with E-state index in [1.54, 1.807) is 12.1 Å². The van der Waals surface area contributed by atoms with E-state index in [9.17, 15) is 4.39 Å². The molecule has 0 amide bonds. The zero-order chi connectivity index (χ0) is 12.3. The number of nitrogens with one attached hydrogen (secondary N) is 1. The molecular weight excluding hydrogens is 237 g/mol. The topological polar surface area (TPSA) is 12.0 Å². The summed E-state index contributed by atoms with van der Waals surface area (Å²) in [7, 11) is 1.85. The van der Waals surface area contributed by atoms with Crippen molar-refractivity contribution in [1.82, 2.24) is 5.32 Å². The molecule has 1 N–H and O–H groups in total. The van der Waals surface area contributed by atoms with Crippen LogP contribution < -0.4 is 5.32 Å². The molecule has 2 rings (SSSR count). The van der Waals surface area contributed by atoms with Gasteiger partial charge in [0.1, 0.15) is 5.82 Å². The summed E-state index contributed by atoms with van der Waals surface area (Å²) in [5.41, 5.74) is 1.83. The molecule has 1 aromatic carbocycles. The van der Waals surface area contributed by atoms with Crippen molar-refractivity contribution >= 4 is 11.6 Å². The van der Waals surface area contributed by atoms with Crippen LogP contribution in [0.15, 0.2) is 29.8 Å². The standard InChI is InChI=1S/C14H17ClFN/c1-17-14(10-6-3-2-4-7-10)13-11(15)8-5-9-12(13)16/h5-6,8-9,14,17H,2-4,7H2,1H3. The van der Waals surface area contributed by atoms with Crippen LogP contribution in [0, 0.1) is 5.82 Å². The second-order valence-corrected chi connectivity index (χ2v) is 4.79. The molecule has 0 spiro atoms. The second kappa shape index (κ2) is 5.65. The largest absolute Gasteiger partial charge is 0.309 e. The van der Waals surface area contributed by atoms with E-state index in [1.165, 1.54) is 24.5 Å². The fraction of sp³-hybridized carbons (Fsp3) is 0.429. The summed E-state index contributed by atoms with van der Waals surface area (Å²) in [6.45, 7) is 0. The lowest BCUT2D eigenvalue weighted by Gasteiger charge is -2.24. The molecule has 1 atom stereocenters. The molecule has 0 fully saturated rings. The first-order valence-electron chi connectivity index (χ1n) is 6.04. The fourth-order valence-corrected chi connectivity index (χ4v) is 2.70. The van der Waals surface area contributed by atoms with Crippen molar-refractivity contribution in [1.29, 1.82) is 0 Å². The summed E-state index contributed by atoms with van der Waals surface area (Å²) < 4.78 is 13.9. The fourth-order valence-electron chi connectivity index (χ4n) is 2.43. The third-order valence-electron chi connectivity index (χ3n) is 3.27. The highest BCUT2D eigenvalue weighted by atomic mass is 35.5. The number of benzene rings is 1. The molecule has 1 aromatic rings. The lowest BCUT2D eigenvalue weighted by atomic mass is 9.89. The van der Waals surface area contributed by atoms with Gasteiger partial charge in [-0.1, -0.05) is 29.3 Å². The predicted molar refractivity (Wildman–Crippen MR) is 69.8 cm³/mol. The zero-order valence-electron chi connectivity index (χ0n) is 9.97. The minimum atomic E-state index is -0.233. The van der Waals surface area contributed by atoms with Crippen LogP contribution in [0.3, 0.4) is 0 Å². The monoisotopic (exact) mass is 253 g/mol. The molecular formula is C14H17ClFN. The molecule has 1 aliphatic rings. The first kappa shape index (κ1) is 12.6. The van der Waals surface area contributed by atoms with Crippen LogP contribution in [-0.2, 0) is 0 Å². The number of hydrogen-bond donors (Lipinski definition) is 1. The highest BCUT2D eigenvalue weighted by molar-refractivity contribution is 6.31. The van der Waals surface area contributed by atoms with E-state index in [0.717, 1.165) is 12.8 Å². The maximum atomic E-state index is 13.9. The quantitative estimate of drug-likeness (QED) is 0.795. The maximum absolute atomic E-state index is 13.9. The Kier molecular flexibility index (Phi) is 4.19. The van der Waals surface area contributed by atoms with Crippen LogP contribution in [-0.4, -0.2) is 7.05 Å². The van der Waals surface area contributed by atoms with Gasteiger partial charge in [0.05, 0.1) is 6.04 Å². The lowest BCUT2D eigenvalue weighted by Crippen LogP contribution is -2.21. The Hall–Kier alpha value is -0.860. The van der Waals surface area contributed by atoms with Gasteiger partial charge in [-0.05, 0) is 44.9 Å². The number of allylic oxidation sites excluding steroid dienone is 1. The zero-order valence-corrected chi connectivity index (χ0v) is 10.7. The van der Waals surface area contributed by atoms with Gasteiger partial charge in [0.2, 0.25) is 0 Å². The first-order chi connectivity index (χ1) is 8.24. The van der Waals surface area contributed by atoms with Gasteiger partial charge in [0, 0.05) is 10.6 Å². The Morgan fingerprint density at radius 1 is 1.35 bits per heavy atom. The van der Waals surface area contributed by atoms with Crippen LogP contribution >= 0.6 is 11.6 Å². The van der Waals surface area contributed by atoms with E-state index >= 15 is 0 Å². The molecule has 1 nitrogen and oxygen atoms in total. The predicted octanol–water partition coefficient (Wildman–Crippen LogP) is 4.24. The Balaban J connectivity index is 2.38. The van der Waals surface area contributed by atoms with E-state index in [-0.39, 0.29) is 11.9 Å². The third kappa shape index (κ3) is 2.70. The summed E-state index contributed by atoms with van der Waals surface area (Å²) in [5.74, 6) is -0.233. The van der Waals surface area contributed by atoms with Crippen LogP contribution in [0.2, 0.25) is 5.02 Å². The molecule has 0 saturated heterocycles. The number of rotatable bonds is 3. The van der Waals surface area contributed by atoms with E-state index < -0.39 is 0 Å². The second-order valence-electron chi connectivity index (χ2n) is 4.38. The maximum Gasteiger partial charge on any atom is 0.129 e. The van der Waals surface area contributed by atoms with E-state index in [1.807, 2.05) is 7.05 Å². The van der Waals surface area contributed by atoms with Crippen LogP contribution in [0.4, 0.5) is 4.39 Å². The van der Waals surface area contributed by atoms with Gasteiger partial charge in [0.25, 0.3) is 0 Å². The molecule has 0 aromatic heterocycles. The molecule has 1 unspecified atom stereocenters. The van der Waals surface area contributed by atoms with Gasteiger partial charge in [0.15, 0.2) is 0 Å². The minimum Gasteiger partial charge on any atom is -0.309 e. The van der Waals surface area contributed by atoms with Crippen molar-refractivity contribution in [3.63, 3.8) is 0 Å². The van der Waals surface area contributed by atoms with Crippen LogP contribution in [0.25, 0.3) is 0 Å². The normalized spacial score (nSPS) is 17.7. The molecule has 0 radical (unpaired) electrons. The van der Waals surface area contributed by atoms with Crippen molar-refractivity contribution < 1.29 is 4.39 Å². The summed E-state index contributed by atoms with van der Waals surface area (Å²) >= 11 is 6.12. The molecule has 92 valence electrons. The van der Waals surface area contributed by atoms with E-state index in [0.29, 0.717) is 10.6 Å². The molecule has 3 heteroatoms. The summed E-state index contributed by atoms with van der Waals surface area (Å²) in [6.07, 6.45) is 6.73. The molecule has 0 heterocycles. The van der Waals surface area contributed by atoms with Gasteiger partial charge in [-0.15, -0.1) is 0 Å². The van der Waals surface area contributed by atoms with Gasteiger partial charge in [-0.2, -0.15) is 0 Å². The van der Waals surface area contributed by atoms with Crippen LogP contribution in [0.1, 0.15) is 37.3 Å². The smallest absolute Gasteiger partial charge is 0.129 e. The van der Waals surface area contributed by atoms with E-state index in [4.69, 9.17) is 11.6 Å². The van der Waals surface area contributed by atoms with Crippen molar-refractivity contribution in [3.05, 3.63) is 46.3 Å². The SMILES string of the molecule is CNC(C1=CCCCC1)c1c(F)cccc1Cl. The van der Waals surface area contributed by atoms with Crippen molar-refractivity contribution in [3.8, 4) is 0 Å². The lowest BCUT2D eigenvalue weighted by molar-refractivity contribution is 0.547. The average Bonchev–Trinajstić information content (AvgIpc) is 2.35. The Morgan fingerprint density at radius 3 is 2.76 bits per heavy atom. The first-order valence-corrected chi connectivity index (χ1v) is 6.42. The summed E-state index contributed by atoms with van der Waals surface area (Å²) in [4.78, 5) is 0. The van der Waals surface area contributed by atoms with Gasteiger partial charge >= 0.3 is 0 Å². The van der Waals surface area contributed by atoms with Crippen molar-refractivity contribution in [2.75, 3.05) is 7.05 Å². The number of hydrogen-bond acceptors (Lipinski definition) is 1. The molecule has 0 aliphatic heterocycles. The highest BCUT2D eigenvalue weighted by Gasteiger charge is 2.21. The van der Waals surface area contributed by atoms with Gasteiger partial charge < -0.3 is 5.32 Å². The average molecular weight is 254 g/mol. The Labute approximate surface area is 107 Å². The molecule has 1 aliphatic carbocycles. The summed E-state index contributed by atoms with van der Waals surface area (Å²) in [6, 6.07) is 4.76. The Morgan fingerprint density at radius 2 is 2.18 bits per heavy atom. The van der Waals surface area contributed by atoms with Gasteiger partial charge in [-0.3, -0.25) is 0 Å². The van der Waals surface area contributed by atoms with Crippen molar-refractivity contribution in [2.24, 2.45) is 0 Å². The molecule has 0 bridgehead atoms. The Bertz CT molecular complexity index is 408. The van der Waals surface area contributed by atoms with Gasteiger partial charge in [-0.25, -0.2) is 4.39 Å². The molecule has 0 saturated carbocycles. The number of halogens is 2. The highest BCUT2D eigenvalue weighted by Crippen LogP contribution is 2.34. The number of likely N-dealkylation sites (N-methyl/N-ethyl adjacent to an activating group) is 1. The minimum absolute atomic E-state index is 0.0935. The van der Waals surface area contributed by atoms with E-state index in [2.05, 4.69) is 11.4 Å². The summed E-state index contributed by atoms with van der Waals surface area (Å²) in [5, 5.41) is 3.67. The van der Waals surface area contributed by atoms with Crippen LogP contribution in [0.5, 0.6) is 0 Å². The van der Waals surface area contributed by atoms with Crippen molar-refractivity contribution in [2.45, 2.75) is 31.7 Å². The molecule has 17 heavy (non-hydrogen) atoms. The third-order valence-corrected chi connectivity index (χ3v) is 3.60.